The molecule has 0 aromatic carbocycles. The molecule has 0 radical (unpaired) electrons. The summed E-state index contributed by atoms with van der Waals surface area (Å²) in [6.07, 6.45) is 4.76. The van der Waals surface area contributed by atoms with Gasteiger partial charge in [-0.25, -0.2) is 9.97 Å². The molecule has 0 saturated carbocycles. The van der Waals surface area contributed by atoms with Crippen molar-refractivity contribution in [3.8, 4) is 11.4 Å². The number of aryl methyl sites for hydroxylation is 2. The first-order chi connectivity index (χ1) is 12.8. The van der Waals surface area contributed by atoms with Crippen molar-refractivity contribution in [3.63, 3.8) is 0 Å². The van der Waals surface area contributed by atoms with Crippen molar-refractivity contribution in [1.82, 2.24) is 9.97 Å². The monoisotopic (exact) mass is 387 g/mol. The lowest BCUT2D eigenvalue weighted by molar-refractivity contribution is -0.128. The van der Waals surface area contributed by atoms with Crippen LogP contribution in [0.5, 0.6) is 0 Å². The summed E-state index contributed by atoms with van der Waals surface area (Å²) in [6, 6.07) is 2.07. The molecule has 0 spiro atoms. The van der Waals surface area contributed by atoms with E-state index in [1.807, 2.05) is 11.3 Å². The van der Waals surface area contributed by atoms with E-state index >= 15 is 0 Å². The van der Waals surface area contributed by atoms with Gasteiger partial charge in [0.25, 0.3) is 0 Å². The van der Waals surface area contributed by atoms with Gasteiger partial charge in [-0.15, -0.1) is 11.3 Å². The van der Waals surface area contributed by atoms with Crippen LogP contribution >= 0.6 is 22.7 Å². The highest BCUT2D eigenvalue weighted by atomic mass is 32.1. The number of fused-ring (bicyclic) bond motifs is 3. The van der Waals surface area contributed by atoms with Crippen LogP contribution in [0.3, 0.4) is 0 Å². The van der Waals surface area contributed by atoms with E-state index in [1.165, 1.54) is 28.7 Å². The molecular formula is C19H21N3O2S2. The Kier molecular flexibility index (Phi) is 4.20. The van der Waals surface area contributed by atoms with E-state index in [0.717, 1.165) is 34.9 Å². The van der Waals surface area contributed by atoms with Crippen molar-refractivity contribution in [2.45, 2.75) is 25.7 Å². The highest BCUT2D eigenvalue weighted by molar-refractivity contribution is 7.19. The van der Waals surface area contributed by atoms with Gasteiger partial charge in [-0.1, -0.05) is 0 Å². The summed E-state index contributed by atoms with van der Waals surface area (Å²) in [5, 5.41) is 18.6. The molecule has 2 aliphatic rings. The van der Waals surface area contributed by atoms with Gasteiger partial charge in [0.15, 0.2) is 5.82 Å². The smallest absolute Gasteiger partial charge is 0.163 e. The number of aliphatic hydroxyl groups excluding tert-OH is 1. The zero-order valence-electron chi connectivity index (χ0n) is 14.5. The fraction of sp³-hybridized carbons (Fsp3) is 0.474. The predicted molar refractivity (Wildman–Crippen MR) is 106 cm³/mol. The zero-order valence-corrected chi connectivity index (χ0v) is 16.1. The molecule has 4 heterocycles. The number of thiophene rings is 2. The molecule has 0 bridgehead atoms. The van der Waals surface area contributed by atoms with Gasteiger partial charge >= 0.3 is 0 Å². The average Bonchev–Trinajstić information content (AvgIpc) is 3.28. The minimum Gasteiger partial charge on any atom is -0.396 e. The lowest BCUT2D eigenvalue weighted by Gasteiger charge is -2.40. The normalized spacial score (nSPS) is 18.5. The van der Waals surface area contributed by atoms with Crippen molar-refractivity contribution in [3.05, 3.63) is 27.3 Å². The van der Waals surface area contributed by atoms with Gasteiger partial charge in [0.1, 0.15) is 10.6 Å². The molecule has 7 heteroatoms. The Morgan fingerprint density at radius 2 is 2.12 bits per heavy atom. The Morgan fingerprint density at radius 3 is 2.85 bits per heavy atom. The van der Waals surface area contributed by atoms with Gasteiger partial charge in [-0.05, 0) is 42.7 Å². The molecule has 2 N–H and O–H groups in total. The van der Waals surface area contributed by atoms with Crippen LogP contribution in [0.25, 0.3) is 21.6 Å². The van der Waals surface area contributed by atoms with Crippen LogP contribution in [0.1, 0.15) is 23.3 Å². The van der Waals surface area contributed by atoms with E-state index in [2.05, 4.69) is 22.1 Å². The number of nitrogens with zero attached hydrogens (tertiary/aromatic N) is 2. The number of ether oxygens (including phenoxy) is 1. The number of aliphatic hydroxyl groups is 1. The van der Waals surface area contributed by atoms with E-state index in [4.69, 9.17) is 14.7 Å². The van der Waals surface area contributed by atoms with Crippen LogP contribution < -0.4 is 5.32 Å². The third-order valence-electron chi connectivity index (χ3n) is 5.38. The summed E-state index contributed by atoms with van der Waals surface area (Å²) >= 11 is 3.48. The van der Waals surface area contributed by atoms with E-state index < -0.39 is 0 Å². The van der Waals surface area contributed by atoms with E-state index in [9.17, 15) is 5.11 Å². The molecule has 1 fully saturated rings. The number of rotatable bonds is 5. The number of hydrogen-bond donors (Lipinski definition) is 2. The lowest BCUT2D eigenvalue weighted by atomic mass is 9.87. The molecule has 3 aromatic rings. The van der Waals surface area contributed by atoms with Crippen molar-refractivity contribution in [1.29, 1.82) is 0 Å². The van der Waals surface area contributed by atoms with Gasteiger partial charge in [-0.3, -0.25) is 0 Å². The fourth-order valence-corrected chi connectivity index (χ4v) is 5.61. The van der Waals surface area contributed by atoms with Gasteiger partial charge in [-0.2, -0.15) is 11.3 Å². The van der Waals surface area contributed by atoms with Crippen molar-refractivity contribution >= 4 is 38.7 Å². The fourth-order valence-electron chi connectivity index (χ4n) is 3.72. The minimum atomic E-state index is -0.185. The van der Waals surface area contributed by atoms with Crippen LogP contribution in [-0.2, 0) is 17.6 Å². The molecule has 3 aromatic heterocycles. The predicted octanol–water partition coefficient (Wildman–Crippen LogP) is 3.72. The summed E-state index contributed by atoms with van der Waals surface area (Å²) in [5.41, 5.74) is 2.31. The van der Waals surface area contributed by atoms with Gasteiger partial charge in [0.05, 0.1) is 30.6 Å². The standard InChI is InChI=1S/C19H21N3O2S2/c23-9-19(10-24-11-19)8-20-17-15-13-3-1-2-4-14(13)26-18(15)22-16(21-17)12-5-6-25-7-12/h5-7,23H,1-4,8-11H2,(H,20,21,22). The van der Waals surface area contributed by atoms with Gasteiger partial charge < -0.3 is 15.2 Å². The molecule has 5 rings (SSSR count). The molecule has 136 valence electrons. The highest BCUT2D eigenvalue weighted by Crippen LogP contribution is 2.40. The Labute approximate surface area is 160 Å². The minimum absolute atomic E-state index is 0.132. The second-order valence-corrected chi connectivity index (χ2v) is 9.17. The first kappa shape index (κ1) is 16.6. The zero-order chi connectivity index (χ0) is 17.6. The number of hydrogen-bond acceptors (Lipinski definition) is 7. The van der Waals surface area contributed by atoms with Crippen LogP contribution in [0.2, 0.25) is 0 Å². The molecule has 26 heavy (non-hydrogen) atoms. The third-order valence-corrected chi connectivity index (χ3v) is 7.25. The summed E-state index contributed by atoms with van der Waals surface area (Å²) in [4.78, 5) is 12.3. The maximum absolute atomic E-state index is 9.74. The van der Waals surface area contributed by atoms with Crippen molar-refractivity contribution in [2.24, 2.45) is 5.41 Å². The van der Waals surface area contributed by atoms with Crippen LogP contribution in [0.15, 0.2) is 16.8 Å². The number of aromatic nitrogens is 2. The van der Waals surface area contributed by atoms with Gasteiger partial charge in [0.2, 0.25) is 0 Å². The Hall–Kier alpha value is -1.54. The SMILES string of the molecule is OCC1(CNc2nc(-c3ccsc3)nc3sc4c(c23)CCCC4)COC1. The van der Waals surface area contributed by atoms with Crippen molar-refractivity contribution in [2.75, 3.05) is 31.7 Å². The Bertz CT molecular complexity index is 927. The number of nitrogens with one attached hydrogen (secondary N) is 1. The molecule has 5 nitrogen and oxygen atoms in total. The molecular weight excluding hydrogens is 366 g/mol. The Balaban J connectivity index is 1.59. The second-order valence-electron chi connectivity index (χ2n) is 7.30. The molecule has 0 atom stereocenters. The van der Waals surface area contributed by atoms with Crippen LogP contribution in [0.4, 0.5) is 5.82 Å². The Morgan fingerprint density at radius 1 is 1.23 bits per heavy atom. The van der Waals surface area contributed by atoms with E-state index in [-0.39, 0.29) is 12.0 Å². The highest BCUT2D eigenvalue weighted by Gasteiger charge is 2.38. The van der Waals surface area contributed by atoms with E-state index in [1.54, 1.807) is 11.3 Å². The number of anilines is 1. The average molecular weight is 388 g/mol. The quantitative estimate of drug-likeness (QED) is 0.698. The summed E-state index contributed by atoms with van der Waals surface area (Å²) in [5.74, 6) is 1.69. The maximum atomic E-state index is 9.74. The second kappa shape index (κ2) is 6.56. The molecule has 0 amide bonds. The maximum Gasteiger partial charge on any atom is 0.163 e. The van der Waals surface area contributed by atoms with Crippen LogP contribution in [-0.4, -0.2) is 41.4 Å². The van der Waals surface area contributed by atoms with E-state index in [0.29, 0.717) is 19.8 Å². The molecule has 1 saturated heterocycles. The summed E-state index contributed by atoms with van der Waals surface area (Å²) < 4.78 is 5.33. The summed E-state index contributed by atoms with van der Waals surface area (Å²) in [7, 11) is 0. The first-order valence-electron chi connectivity index (χ1n) is 9.05. The largest absolute Gasteiger partial charge is 0.396 e. The molecule has 0 unspecified atom stereocenters. The molecule has 1 aliphatic carbocycles. The van der Waals surface area contributed by atoms with Crippen LogP contribution in [0, 0.1) is 5.41 Å². The third kappa shape index (κ3) is 2.74. The summed E-state index contributed by atoms with van der Waals surface area (Å²) in [6.45, 7) is 2.00. The van der Waals surface area contributed by atoms with Crippen molar-refractivity contribution < 1.29 is 9.84 Å². The van der Waals surface area contributed by atoms with Gasteiger partial charge in [0, 0.05) is 22.4 Å². The topological polar surface area (TPSA) is 67.3 Å². The molecule has 1 aliphatic heterocycles. The lowest BCUT2D eigenvalue weighted by Crippen LogP contribution is -2.50. The first-order valence-corrected chi connectivity index (χ1v) is 10.8.